The number of anilines is 1. The van der Waals surface area contributed by atoms with Crippen LogP contribution in [0.5, 0.6) is 0 Å². The molecule has 3 N–H and O–H groups in total. The van der Waals surface area contributed by atoms with Crippen molar-refractivity contribution < 1.29 is 4.79 Å². The van der Waals surface area contributed by atoms with Gasteiger partial charge in [0, 0.05) is 18.7 Å². The summed E-state index contributed by atoms with van der Waals surface area (Å²) < 4.78 is 2.33. The lowest BCUT2D eigenvalue weighted by Gasteiger charge is -2.31. The van der Waals surface area contributed by atoms with E-state index in [0.717, 1.165) is 49.9 Å². The number of fused-ring (bicyclic) bond motifs is 3. The van der Waals surface area contributed by atoms with Crippen molar-refractivity contribution in [1.29, 1.82) is 0 Å². The molecule has 2 aliphatic rings. The van der Waals surface area contributed by atoms with Gasteiger partial charge in [-0.3, -0.25) is 4.79 Å². The molecule has 1 fully saturated rings. The van der Waals surface area contributed by atoms with Gasteiger partial charge in [0.15, 0.2) is 0 Å². The molecule has 1 saturated carbocycles. The van der Waals surface area contributed by atoms with Crippen molar-refractivity contribution >= 4 is 22.6 Å². The molecule has 2 aromatic rings. The summed E-state index contributed by atoms with van der Waals surface area (Å²) in [6, 6.07) is 6.05. The first-order chi connectivity index (χ1) is 11.7. The van der Waals surface area contributed by atoms with E-state index in [1.165, 1.54) is 37.0 Å². The molecule has 2 heterocycles. The summed E-state index contributed by atoms with van der Waals surface area (Å²) in [5.41, 5.74) is 8.56. The second-order valence-corrected chi connectivity index (χ2v) is 7.36. The molecule has 4 rings (SSSR count). The number of nitrogens with zero attached hydrogens (tertiary/aromatic N) is 2. The highest BCUT2D eigenvalue weighted by atomic mass is 16.2. The van der Waals surface area contributed by atoms with Crippen LogP contribution in [-0.2, 0) is 17.8 Å². The number of carbonyl (C=O) groups is 1. The van der Waals surface area contributed by atoms with Crippen molar-refractivity contribution in [3.05, 3.63) is 24.0 Å². The highest BCUT2D eigenvalue weighted by Gasteiger charge is 2.35. The van der Waals surface area contributed by atoms with Crippen molar-refractivity contribution in [3.63, 3.8) is 0 Å². The van der Waals surface area contributed by atoms with Crippen LogP contribution in [0.4, 0.5) is 5.69 Å². The molecule has 0 saturated heterocycles. The summed E-state index contributed by atoms with van der Waals surface area (Å²) >= 11 is 0. The minimum absolute atomic E-state index is 0.0534. The Morgan fingerprint density at radius 1 is 1.12 bits per heavy atom. The lowest BCUT2D eigenvalue weighted by Crippen LogP contribution is -2.52. The standard InChI is InChI=1S/C19H26N4O/c20-19(10-4-2-5-11-19)18(24)21-14-8-9-16-15(13-14)22-17-7-3-1-6-12-23(16)17/h8-9,13H,1-7,10-12,20H2,(H,21,24). The normalized spacial score (nSPS) is 20.4. The zero-order chi connectivity index (χ0) is 16.6. The van der Waals surface area contributed by atoms with Crippen molar-refractivity contribution in [2.75, 3.05) is 5.32 Å². The molecule has 128 valence electrons. The first-order valence-corrected chi connectivity index (χ1v) is 9.25. The Hall–Kier alpha value is -1.88. The summed E-state index contributed by atoms with van der Waals surface area (Å²) in [6.07, 6.45) is 9.56. The van der Waals surface area contributed by atoms with E-state index in [0.29, 0.717) is 0 Å². The zero-order valence-corrected chi connectivity index (χ0v) is 14.2. The van der Waals surface area contributed by atoms with Gasteiger partial charge in [0.1, 0.15) is 5.82 Å². The van der Waals surface area contributed by atoms with Gasteiger partial charge in [-0.2, -0.15) is 0 Å². The van der Waals surface area contributed by atoms with Crippen molar-refractivity contribution in [2.24, 2.45) is 5.73 Å². The van der Waals surface area contributed by atoms with Crippen molar-refractivity contribution in [1.82, 2.24) is 9.55 Å². The van der Waals surface area contributed by atoms with Crippen LogP contribution in [0.2, 0.25) is 0 Å². The largest absolute Gasteiger partial charge is 0.328 e. The summed E-state index contributed by atoms with van der Waals surface area (Å²) in [5.74, 6) is 1.12. The van der Waals surface area contributed by atoms with Crippen LogP contribution >= 0.6 is 0 Å². The SMILES string of the molecule is NC1(C(=O)Nc2ccc3c(c2)nc2n3CCCCC2)CCCCC1. The molecular weight excluding hydrogens is 300 g/mol. The molecular formula is C19H26N4O. The topological polar surface area (TPSA) is 72.9 Å². The predicted octanol–water partition coefficient (Wildman–Crippen LogP) is 3.36. The molecule has 5 nitrogen and oxygen atoms in total. The highest BCUT2D eigenvalue weighted by molar-refractivity contribution is 5.99. The van der Waals surface area contributed by atoms with Crippen LogP contribution in [0.15, 0.2) is 18.2 Å². The minimum atomic E-state index is -0.710. The molecule has 0 radical (unpaired) electrons. The average Bonchev–Trinajstić information content (AvgIpc) is 2.76. The van der Waals surface area contributed by atoms with E-state index in [9.17, 15) is 4.79 Å². The second-order valence-electron chi connectivity index (χ2n) is 7.36. The number of nitrogens with two attached hydrogens (primary N) is 1. The summed E-state index contributed by atoms with van der Waals surface area (Å²) in [5, 5.41) is 3.02. The number of aryl methyl sites for hydroxylation is 2. The Balaban J connectivity index is 1.58. The third-order valence-corrected chi connectivity index (χ3v) is 5.57. The molecule has 1 aromatic carbocycles. The van der Waals surface area contributed by atoms with Gasteiger partial charge in [0.05, 0.1) is 16.6 Å². The number of carbonyl (C=O) groups excluding carboxylic acids is 1. The van der Waals surface area contributed by atoms with Gasteiger partial charge in [-0.25, -0.2) is 4.98 Å². The van der Waals surface area contributed by atoms with E-state index >= 15 is 0 Å². The summed E-state index contributed by atoms with van der Waals surface area (Å²) in [4.78, 5) is 17.4. The van der Waals surface area contributed by atoms with Crippen molar-refractivity contribution in [3.8, 4) is 0 Å². The Morgan fingerprint density at radius 2 is 1.92 bits per heavy atom. The summed E-state index contributed by atoms with van der Waals surface area (Å²) in [7, 11) is 0. The number of amides is 1. The second kappa shape index (κ2) is 6.20. The monoisotopic (exact) mass is 326 g/mol. The number of nitrogens with one attached hydrogen (secondary N) is 1. The van der Waals surface area contributed by atoms with Gasteiger partial charge in [0.25, 0.3) is 0 Å². The maximum atomic E-state index is 12.6. The fourth-order valence-corrected chi connectivity index (χ4v) is 4.09. The first-order valence-electron chi connectivity index (χ1n) is 9.25. The van der Waals surface area contributed by atoms with Gasteiger partial charge < -0.3 is 15.6 Å². The number of imidazole rings is 1. The van der Waals surface area contributed by atoms with E-state index in [1.54, 1.807) is 0 Å². The Labute approximate surface area is 142 Å². The first kappa shape index (κ1) is 15.6. The molecule has 0 spiro atoms. The Morgan fingerprint density at radius 3 is 2.75 bits per heavy atom. The van der Waals surface area contributed by atoms with E-state index in [1.807, 2.05) is 12.1 Å². The number of aromatic nitrogens is 2. The molecule has 1 aliphatic heterocycles. The Bertz CT molecular complexity index is 758. The smallest absolute Gasteiger partial charge is 0.244 e. The third kappa shape index (κ3) is 2.81. The van der Waals surface area contributed by atoms with Gasteiger partial charge in [-0.15, -0.1) is 0 Å². The fourth-order valence-electron chi connectivity index (χ4n) is 4.09. The van der Waals surface area contributed by atoms with Gasteiger partial charge in [-0.1, -0.05) is 25.7 Å². The maximum absolute atomic E-state index is 12.6. The molecule has 5 heteroatoms. The maximum Gasteiger partial charge on any atom is 0.244 e. The van der Waals surface area contributed by atoms with Crippen LogP contribution < -0.4 is 11.1 Å². The predicted molar refractivity (Wildman–Crippen MR) is 95.9 cm³/mol. The van der Waals surface area contributed by atoms with Gasteiger partial charge in [-0.05, 0) is 43.9 Å². The fraction of sp³-hybridized carbons (Fsp3) is 0.579. The molecule has 0 bridgehead atoms. The molecule has 24 heavy (non-hydrogen) atoms. The lowest BCUT2D eigenvalue weighted by molar-refractivity contribution is -0.122. The number of benzene rings is 1. The van der Waals surface area contributed by atoms with Crippen LogP contribution in [0.1, 0.15) is 57.2 Å². The minimum Gasteiger partial charge on any atom is -0.328 e. The molecule has 1 amide bonds. The lowest BCUT2D eigenvalue weighted by atomic mass is 9.82. The van der Waals surface area contributed by atoms with Crippen LogP contribution in [0.3, 0.4) is 0 Å². The molecule has 1 aromatic heterocycles. The van der Waals surface area contributed by atoms with Crippen LogP contribution in [-0.4, -0.2) is 21.0 Å². The Kier molecular flexibility index (Phi) is 4.04. The van der Waals surface area contributed by atoms with Gasteiger partial charge in [0.2, 0.25) is 5.91 Å². The van der Waals surface area contributed by atoms with Crippen LogP contribution in [0, 0.1) is 0 Å². The number of rotatable bonds is 2. The van der Waals surface area contributed by atoms with Crippen LogP contribution in [0.25, 0.3) is 11.0 Å². The van der Waals surface area contributed by atoms with Gasteiger partial charge >= 0.3 is 0 Å². The number of hydrogen-bond acceptors (Lipinski definition) is 3. The highest BCUT2D eigenvalue weighted by Crippen LogP contribution is 2.28. The van der Waals surface area contributed by atoms with Crippen molar-refractivity contribution in [2.45, 2.75) is 69.9 Å². The molecule has 0 unspecified atom stereocenters. The molecule has 0 atom stereocenters. The quantitative estimate of drug-likeness (QED) is 0.889. The van der Waals surface area contributed by atoms with E-state index in [2.05, 4.69) is 16.0 Å². The average molecular weight is 326 g/mol. The van der Waals surface area contributed by atoms with E-state index in [-0.39, 0.29) is 5.91 Å². The third-order valence-electron chi connectivity index (χ3n) is 5.57. The summed E-state index contributed by atoms with van der Waals surface area (Å²) in [6.45, 7) is 1.05. The van der Waals surface area contributed by atoms with E-state index in [4.69, 9.17) is 10.7 Å². The molecule has 1 aliphatic carbocycles. The zero-order valence-electron chi connectivity index (χ0n) is 14.2. The number of hydrogen-bond donors (Lipinski definition) is 2. The van der Waals surface area contributed by atoms with E-state index < -0.39 is 5.54 Å².